The second-order valence-corrected chi connectivity index (χ2v) is 5.32. The highest BCUT2D eigenvalue weighted by atomic mass is 35.5. The molecule has 1 aromatic carbocycles. The number of hydrogen-bond acceptors (Lipinski definition) is 2. The largest absolute Gasteiger partial charge is 0.494 e. The lowest BCUT2D eigenvalue weighted by Gasteiger charge is -2.11. The Morgan fingerprint density at radius 3 is 2.45 bits per heavy atom. The van der Waals surface area contributed by atoms with Crippen molar-refractivity contribution >= 4 is 11.6 Å². The molecule has 2 aromatic rings. The Bertz CT molecular complexity index is 498. The maximum Gasteiger partial charge on any atom is 0.119 e. The molecule has 1 unspecified atom stereocenters. The van der Waals surface area contributed by atoms with Crippen LogP contribution in [0, 0.1) is 0 Å². The molecule has 2 nitrogen and oxygen atoms in total. The Morgan fingerprint density at radius 2 is 1.80 bits per heavy atom. The number of unbranched alkanes of at least 4 members (excludes halogenated alkanes) is 1. The number of alkyl halides is 1. The topological polar surface area (TPSA) is 22.1 Å². The number of rotatable bonds is 7. The van der Waals surface area contributed by atoms with E-state index in [1.165, 1.54) is 5.56 Å². The molecule has 0 aliphatic heterocycles. The number of ether oxygens (including phenoxy) is 1. The molecule has 0 fully saturated rings. The summed E-state index contributed by atoms with van der Waals surface area (Å²) in [5, 5.41) is -0.0258. The van der Waals surface area contributed by atoms with E-state index in [1.807, 2.05) is 36.4 Å². The molecular formula is C17H20ClNO. The Kier molecular flexibility index (Phi) is 5.87. The van der Waals surface area contributed by atoms with Crippen LogP contribution < -0.4 is 4.74 Å². The van der Waals surface area contributed by atoms with Gasteiger partial charge < -0.3 is 4.74 Å². The molecule has 0 radical (unpaired) electrons. The fourth-order valence-electron chi connectivity index (χ4n) is 1.95. The van der Waals surface area contributed by atoms with Crippen molar-refractivity contribution in [2.75, 3.05) is 6.61 Å². The van der Waals surface area contributed by atoms with E-state index in [9.17, 15) is 0 Å². The fraction of sp³-hybridized carbons (Fsp3) is 0.353. The van der Waals surface area contributed by atoms with E-state index in [4.69, 9.17) is 16.3 Å². The molecule has 0 spiro atoms. The van der Waals surface area contributed by atoms with E-state index in [-0.39, 0.29) is 5.38 Å². The van der Waals surface area contributed by atoms with Gasteiger partial charge in [-0.25, -0.2) is 0 Å². The predicted octanol–water partition coefficient (Wildman–Crippen LogP) is 4.78. The summed E-state index contributed by atoms with van der Waals surface area (Å²) < 4.78 is 5.65. The maximum atomic E-state index is 6.46. The van der Waals surface area contributed by atoms with Crippen LogP contribution in [0.1, 0.15) is 36.3 Å². The molecule has 1 aromatic heterocycles. The van der Waals surface area contributed by atoms with Gasteiger partial charge in [0.1, 0.15) is 5.75 Å². The highest BCUT2D eigenvalue weighted by Crippen LogP contribution is 2.26. The molecule has 3 heteroatoms. The Morgan fingerprint density at radius 1 is 1.10 bits per heavy atom. The normalized spacial score (nSPS) is 12.1. The van der Waals surface area contributed by atoms with Crippen molar-refractivity contribution in [3.63, 3.8) is 0 Å². The smallest absolute Gasteiger partial charge is 0.119 e. The van der Waals surface area contributed by atoms with Gasteiger partial charge in [-0.1, -0.05) is 25.5 Å². The summed E-state index contributed by atoms with van der Waals surface area (Å²) in [5.41, 5.74) is 2.31. The lowest BCUT2D eigenvalue weighted by atomic mass is 10.0. The van der Waals surface area contributed by atoms with Crippen molar-refractivity contribution in [3.05, 3.63) is 59.9 Å². The number of aromatic nitrogens is 1. The van der Waals surface area contributed by atoms with Crippen molar-refractivity contribution in [2.45, 2.75) is 31.6 Å². The quantitative estimate of drug-likeness (QED) is 0.540. The lowest BCUT2D eigenvalue weighted by Crippen LogP contribution is -1.98. The van der Waals surface area contributed by atoms with Crippen LogP contribution in [0.2, 0.25) is 0 Å². The summed E-state index contributed by atoms with van der Waals surface area (Å²) in [5.74, 6) is 0.912. The highest BCUT2D eigenvalue weighted by Gasteiger charge is 2.09. The molecular weight excluding hydrogens is 270 g/mol. The van der Waals surface area contributed by atoms with Gasteiger partial charge in [0, 0.05) is 12.4 Å². The molecule has 0 saturated carbocycles. The predicted molar refractivity (Wildman–Crippen MR) is 83.4 cm³/mol. The fourth-order valence-corrected chi connectivity index (χ4v) is 2.27. The van der Waals surface area contributed by atoms with Gasteiger partial charge in [0.05, 0.1) is 12.0 Å². The number of hydrogen-bond donors (Lipinski definition) is 0. The van der Waals surface area contributed by atoms with Crippen LogP contribution in [-0.4, -0.2) is 11.6 Å². The van der Waals surface area contributed by atoms with Crippen LogP contribution in [0.4, 0.5) is 0 Å². The SMILES string of the molecule is CCCCOc1ccc(C(Cl)Cc2ccncc2)cc1. The van der Waals surface area contributed by atoms with Crippen LogP contribution in [0.15, 0.2) is 48.8 Å². The third-order valence-electron chi connectivity index (χ3n) is 3.17. The van der Waals surface area contributed by atoms with Crippen LogP contribution in [0.25, 0.3) is 0 Å². The number of halogens is 1. The molecule has 0 aliphatic carbocycles. The van der Waals surface area contributed by atoms with Crippen LogP contribution in [0.3, 0.4) is 0 Å². The first kappa shape index (κ1) is 14.9. The molecule has 0 amide bonds. The molecule has 106 valence electrons. The van der Waals surface area contributed by atoms with Gasteiger partial charge >= 0.3 is 0 Å². The van der Waals surface area contributed by atoms with Gasteiger partial charge in [-0.05, 0) is 48.2 Å². The van der Waals surface area contributed by atoms with Crippen molar-refractivity contribution in [2.24, 2.45) is 0 Å². The maximum absolute atomic E-state index is 6.46. The highest BCUT2D eigenvalue weighted by molar-refractivity contribution is 6.20. The molecule has 0 saturated heterocycles. The third kappa shape index (κ3) is 4.53. The monoisotopic (exact) mass is 289 g/mol. The zero-order valence-corrected chi connectivity index (χ0v) is 12.5. The number of pyridine rings is 1. The molecule has 0 N–H and O–H groups in total. The Labute approximate surface area is 125 Å². The van der Waals surface area contributed by atoms with Crippen molar-refractivity contribution in [1.29, 1.82) is 0 Å². The van der Waals surface area contributed by atoms with Gasteiger partial charge in [-0.2, -0.15) is 0 Å². The minimum absolute atomic E-state index is 0.0258. The first-order chi connectivity index (χ1) is 9.79. The molecule has 1 atom stereocenters. The second kappa shape index (κ2) is 7.91. The van der Waals surface area contributed by atoms with Crippen molar-refractivity contribution in [1.82, 2.24) is 4.98 Å². The van der Waals surface area contributed by atoms with Gasteiger partial charge in [0.15, 0.2) is 0 Å². The van der Waals surface area contributed by atoms with Crippen LogP contribution >= 0.6 is 11.6 Å². The second-order valence-electron chi connectivity index (χ2n) is 4.80. The Hall–Kier alpha value is -1.54. The molecule has 1 heterocycles. The standard InChI is InChI=1S/C17H20ClNO/c1-2-3-12-20-16-6-4-15(5-7-16)17(18)13-14-8-10-19-11-9-14/h4-11,17H,2-3,12-13H2,1H3. The molecule has 0 bridgehead atoms. The summed E-state index contributed by atoms with van der Waals surface area (Å²) in [6.07, 6.45) is 6.63. The summed E-state index contributed by atoms with van der Waals surface area (Å²) in [7, 11) is 0. The van der Waals surface area contributed by atoms with E-state index >= 15 is 0 Å². The van der Waals surface area contributed by atoms with E-state index in [0.717, 1.165) is 37.2 Å². The van der Waals surface area contributed by atoms with E-state index < -0.39 is 0 Å². The van der Waals surface area contributed by atoms with Gasteiger partial charge in [0.2, 0.25) is 0 Å². The van der Waals surface area contributed by atoms with Crippen molar-refractivity contribution in [3.8, 4) is 5.75 Å². The lowest BCUT2D eigenvalue weighted by molar-refractivity contribution is 0.309. The first-order valence-electron chi connectivity index (χ1n) is 7.05. The summed E-state index contributed by atoms with van der Waals surface area (Å²) in [6, 6.07) is 12.1. The van der Waals surface area contributed by atoms with Crippen LogP contribution in [0.5, 0.6) is 5.75 Å². The molecule has 20 heavy (non-hydrogen) atoms. The Balaban J connectivity index is 1.92. The van der Waals surface area contributed by atoms with Crippen LogP contribution in [-0.2, 0) is 6.42 Å². The van der Waals surface area contributed by atoms with Gasteiger partial charge in [0.25, 0.3) is 0 Å². The third-order valence-corrected chi connectivity index (χ3v) is 3.58. The summed E-state index contributed by atoms with van der Waals surface area (Å²) in [4.78, 5) is 4.01. The minimum Gasteiger partial charge on any atom is -0.494 e. The zero-order chi connectivity index (χ0) is 14.2. The van der Waals surface area contributed by atoms with Gasteiger partial charge in [-0.3, -0.25) is 4.98 Å². The molecule has 0 aliphatic rings. The zero-order valence-electron chi connectivity index (χ0n) is 11.8. The summed E-state index contributed by atoms with van der Waals surface area (Å²) >= 11 is 6.46. The minimum atomic E-state index is -0.0258. The average molecular weight is 290 g/mol. The first-order valence-corrected chi connectivity index (χ1v) is 7.49. The summed E-state index contributed by atoms with van der Waals surface area (Å²) in [6.45, 7) is 2.93. The number of benzene rings is 1. The van der Waals surface area contributed by atoms with E-state index in [0.29, 0.717) is 0 Å². The van der Waals surface area contributed by atoms with E-state index in [1.54, 1.807) is 12.4 Å². The van der Waals surface area contributed by atoms with E-state index in [2.05, 4.69) is 11.9 Å². The average Bonchev–Trinajstić information content (AvgIpc) is 2.49. The van der Waals surface area contributed by atoms with Crippen molar-refractivity contribution < 1.29 is 4.74 Å². The van der Waals surface area contributed by atoms with Gasteiger partial charge in [-0.15, -0.1) is 11.6 Å². The number of nitrogens with zero attached hydrogens (tertiary/aromatic N) is 1. The molecule has 2 rings (SSSR count).